The second-order valence-corrected chi connectivity index (χ2v) is 7.40. The molecule has 2 aromatic rings. The van der Waals surface area contributed by atoms with Gasteiger partial charge in [-0.15, -0.1) is 0 Å². The SMILES string of the molecule is O=C(CC1S/C(=N/c2cccc(O)c2)NC1=O)Nc1ccc(Br)cc1. The molecule has 1 aliphatic heterocycles. The van der Waals surface area contributed by atoms with Gasteiger partial charge in [-0.1, -0.05) is 33.8 Å². The number of amidine groups is 1. The van der Waals surface area contributed by atoms with E-state index in [1.54, 1.807) is 30.3 Å². The van der Waals surface area contributed by atoms with E-state index in [0.717, 1.165) is 4.47 Å². The van der Waals surface area contributed by atoms with Gasteiger partial charge in [-0.05, 0) is 36.4 Å². The van der Waals surface area contributed by atoms with Crippen LogP contribution in [-0.4, -0.2) is 27.3 Å². The molecule has 0 spiro atoms. The first-order valence-electron chi connectivity index (χ1n) is 7.40. The summed E-state index contributed by atoms with van der Waals surface area (Å²) in [5.41, 5.74) is 1.20. The molecule has 1 fully saturated rings. The maximum absolute atomic E-state index is 12.1. The lowest BCUT2D eigenvalue weighted by Gasteiger charge is -2.07. The maximum atomic E-state index is 12.1. The molecule has 1 unspecified atom stereocenters. The summed E-state index contributed by atoms with van der Waals surface area (Å²) >= 11 is 4.53. The second-order valence-electron chi connectivity index (χ2n) is 5.29. The van der Waals surface area contributed by atoms with E-state index in [1.807, 2.05) is 12.1 Å². The molecule has 0 saturated carbocycles. The van der Waals surface area contributed by atoms with Crippen LogP contribution in [0.5, 0.6) is 5.75 Å². The fourth-order valence-corrected chi connectivity index (χ4v) is 3.44. The Morgan fingerprint density at radius 3 is 2.76 bits per heavy atom. The normalized spacial score (nSPS) is 18.2. The van der Waals surface area contributed by atoms with Gasteiger partial charge in [0.05, 0.1) is 5.69 Å². The molecule has 3 rings (SSSR count). The van der Waals surface area contributed by atoms with Crippen molar-refractivity contribution in [2.75, 3.05) is 5.32 Å². The molecule has 0 bridgehead atoms. The molecule has 8 heteroatoms. The van der Waals surface area contributed by atoms with Gasteiger partial charge in [-0.2, -0.15) is 0 Å². The number of halogens is 1. The minimum absolute atomic E-state index is 0.0472. The Morgan fingerprint density at radius 1 is 1.28 bits per heavy atom. The number of carbonyl (C=O) groups excluding carboxylic acids is 2. The number of thioether (sulfide) groups is 1. The lowest BCUT2D eigenvalue weighted by atomic mass is 10.2. The van der Waals surface area contributed by atoms with Crippen LogP contribution in [-0.2, 0) is 9.59 Å². The van der Waals surface area contributed by atoms with Crippen LogP contribution in [0.25, 0.3) is 0 Å². The predicted molar refractivity (Wildman–Crippen MR) is 102 cm³/mol. The van der Waals surface area contributed by atoms with Gasteiger partial charge in [-0.3, -0.25) is 9.59 Å². The zero-order chi connectivity index (χ0) is 17.8. The van der Waals surface area contributed by atoms with Crippen molar-refractivity contribution >= 4 is 56.0 Å². The van der Waals surface area contributed by atoms with Crippen LogP contribution in [0.4, 0.5) is 11.4 Å². The van der Waals surface area contributed by atoms with E-state index in [1.165, 1.54) is 17.8 Å². The first-order valence-corrected chi connectivity index (χ1v) is 9.07. The summed E-state index contributed by atoms with van der Waals surface area (Å²) in [5.74, 6) is -0.398. The Kier molecular flexibility index (Phi) is 5.40. The molecular weight excluding hydrogens is 406 g/mol. The van der Waals surface area contributed by atoms with Gasteiger partial charge in [0.1, 0.15) is 11.0 Å². The lowest BCUT2D eigenvalue weighted by Crippen LogP contribution is -2.28. The Morgan fingerprint density at radius 2 is 2.04 bits per heavy atom. The van der Waals surface area contributed by atoms with Crippen LogP contribution in [0.3, 0.4) is 0 Å². The molecule has 0 radical (unpaired) electrons. The molecule has 0 aromatic heterocycles. The smallest absolute Gasteiger partial charge is 0.240 e. The van der Waals surface area contributed by atoms with Gasteiger partial charge >= 0.3 is 0 Å². The molecule has 1 heterocycles. The third kappa shape index (κ3) is 4.83. The van der Waals surface area contributed by atoms with Crippen molar-refractivity contribution in [2.24, 2.45) is 4.99 Å². The van der Waals surface area contributed by atoms with E-state index in [2.05, 4.69) is 31.6 Å². The number of aromatic hydroxyl groups is 1. The first kappa shape index (κ1) is 17.5. The van der Waals surface area contributed by atoms with Crippen LogP contribution in [0, 0.1) is 0 Å². The Hall–Kier alpha value is -2.32. The van der Waals surface area contributed by atoms with E-state index in [-0.39, 0.29) is 24.0 Å². The second kappa shape index (κ2) is 7.71. The van der Waals surface area contributed by atoms with Crippen LogP contribution in [0.1, 0.15) is 6.42 Å². The number of benzene rings is 2. The Bertz CT molecular complexity index is 839. The van der Waals surface area contributed by atoms with Gasteiger partial charge in [-0.25, -0.2) is 4.99 Å². The molecule has 128 valence electrons. The number of phenols is 1. The summed E-state index contributed by atoms with van der Waals surface area (Å²) in [6, 6.07) is 13.6. The monoisotopic (exact) mass is 419 g/mol. The van der Waals surface area contributed by atoms with Crippen molar-refractivity contribution in [1.29, 1.82) is 0 Å². The molecule has 0 aliphatic carbocycles. The number of rotatable bonds is 4. The minimum atomic E-state index is -0.536. The van der Waals surface area contributed by atoms with E-state index in [9.17, 15) is 14.7 Å². The fourth-order valence-electron chi connectivity index (χ4n) is 2.19. The van der Waals surface area contributed by atoms with Crippen LogP contribution < -0.4 is 10.6 Å². The standard InChI is InChI=1S/C17H14BrN3O3S/c18-10-4-6-11(7-5-10)19-15(23)9-14-16(24)21-17(25-14)20-12-2-1-3-13(22)8-12/h1-8,14,22H,9H2,(H,19,23)(H,20,21,24). The molecule has 25 heavy (non-hydrogen) atoms. The maximum Gasteiger partial charge on any atom is 0.240 e. The quantitative estimate of drug-likeness (QED) is 0.707. The van der Waals surface area contributed by atoms with Gasteiger partial charge in [0.2, 0.25) is 11.8 Å². The third-order valence-electron chi connectivity index (χ3n) is 3.34. The molecule has 1 saturated heterocycles. The van der Waals surface area contributed by atoms with E-state index < -0.39 is 5.25 Å². The average molecular weight is 420 g/mol. The van der Waals surface area contributed by atoms with E-state index in [4.69, 9.17) is 0 Å². The Labute approximate surface area is 156 Å². The molecule has 6 nitrogen and oxygen atoms in total. The van der Waals surface area contributed by atoms with Crippen molar-refractivity contribution in [1.82, 2.24) is 5.32 Å². The predicted octanol–water partition coefficient (Wildman–Crippen LogP) is 3.40. The third-order valence-corrected chi connectivity index (χ3v) is 4.95. The molecule has 2 amide bonds. The summed E-state index contributed by atoms with van der Waals surface area (Å²) in [4.78, 5) is 28.4. The van der Waals surface area contributed by atoms with Crippen molar-refractivity contribution in [3.63, 3.8) is 0 Å². The number of hydrogen-bond donors (Lipinski definition) is 3. The van der Waals surface area contributed by atoms with Gasteiger partial charge in [0.15, 0.2) is 5.17 Å². The number of phenolic OH excluding ortho intramolecular Hbond substituents is 1. The minimum Gasteiger partial charge on any atom is -0.508 e. The number of aliphatic imine (C=N–C) groups is 1. The number of carbonyl (C=O) groups is 2. The van der Waals surface area contributed by atoms with Crippen LogP contribution in [0.15, 0.2) is 58.0 Å². The van der Waals surface area contributed by atoms with Crippen LogP contribution in [0.2, 0.25) is 0 Å². The van der Waals surface area contributed by atoms with Crippen molar-refractivity contribution in [2.45, 2.75) is 11.7 Å². The molecule has 3 N–H and O–H groups in total. The Balaban J connectivity index is 1.61. The average Bonchev–Trinajstić information content (AvgIpc) is 2.89. The fraction of sp³-hybridized carbons (Fsp3) is 0.118. The zero-order valence-electron chi connectivity index (χ0n) is 12.9. The summed E-state index contributed by atoms with van der Waals surface area (Å²) in [6.07, 6.45) is 0.0472. The highest BCUT2D eigenvalue weighted by atomic mass is 79.9. The molecule has 1 aliphatic rings. The highest BCUT2D eigenvalue weighted by Gasteiger charge is 2.32. The summed E-state index contributed by atoms with van der Waals surface area (Å²) in [6.45, 7) is 0. The number of amides is 2. The molecular formula is C17H14BrN3O3S. The van der Waals surface area contributed by atoms with Crippen molar-refractivity contribution in [3.05, 3.63) is 53.0 Å². The highest BCUT2D eigenvalue weighted by molar-refractivity contribution is 9.10. The lowest BCUT2D eigenvalue weighted by molar-refractivity contribution is -0.122. The molecule has 1 atom stereocenters. The van der Waals surface area contributed by atoms with Crippen LogP contribution >= 0.6 is 27.7 Å². The van der Waals surface area contributed by atoms with Gasteiger partial charge in [0, 0.05) is 22.6 Å². The summed E-state index contributed by atoms with van der Waals surface area (Å²) in [5, 5.41) is 14.7. The van der Waals surface area contributed by atoms with Crippen molar-refractivity contribution < 1.29 is 14.7 Å². The van der Waals surface area contributed by atoms with Gasteiger partial charge in [0.25, 0.3) is 0 Å². The number of hydrogen-bond acceptors (Lipinski definition) is 5. The number of anilines is 1. The summed E-state index contributed by atoms with van der Waals surface area (Å²) < 4.78 is 0.920. The number of nitrogens with one attached hydrogen (secondary N) is 2. The summed E-state index contributed by atoms with van der Waals surface area (Å²) in [7, 11) is 0. The largest absolute Gasteiger partial charge is 0.508 e. The van der Waals surface area contributed by atoms with Gasteiger partial charge < -0.3 is 15.7 Å². The topological polar surface area (TPSA) is 90.8 Å². The zero-order valence-corrected chi connectivity index (χ0v) is 15.3. The van der Waals surface area contributed by atoms with E-state index >= 15 is 0 Å². The van der Waals surface area contributed by atoms with Crippen molar-refractivity contribution in [3.8, 4) is 5.75 Å². The first-order chi connectivity index (χ1) is 12.0. The van der Waals surface area contributed by atoms with E-state index in [0.29, 0.717) is 16.5 Å². The molecule has 2 aromatic carbocycles. The number of nitrogens with zero attached hydrogens (tertiary/aromatic N) is 1. The highest BCUT2D eigenvalue weighted by Crippen LogP contribution is 2.27.